The van der Waals surface area contributed by atoms with Crippen molar-refractivity contribution in [3.05, 3.63) is 0 Å². The minimum Gasteiger partial charge on any atom is -0.481 e. The van der Waals surface area contributed by atoms with Crippen LogP contribution >= 0.6 is 0 Å². The number of nitrogens with zero attached hydrogens (tertiary/aromatic N) is 1. The second kappa shape index (κ2) is 8.57. The van der Waals surface area contributed by atoms with Crippen LogP contribution in [0.4, 0.5) is 0 Å². The predicted octanol–water partition coefficient (Wildman–Crippen LogP) is 3.00. The highest BCUT2D eigenvalue weighted by Crippen LogP contribution is 2.39. The van der Waals surface area contributed by atoms with E-state index in [0.717, 1.165) is 12.8 Å². The van der Waals surface area contributed by atoms with Crippen molar-refractivity contribution in [2.45, 2.75) is 53.4 Å². The monoisotopic (exact) mass is 283 g/mol. The van der Waals surface area contributed by atoms with Gasteiger partial charge in [0.2, 0.25) is 0 Å². The van der Waals surface area contributed by atoms with E-state index in [9.17, 15) is 14.9 Å². The van der Waals surface area contributed by atoms with Crippen molar-refractivity contribution in [1.82, 2.24) is 0 Å². The topological polar surface area (TPSA) is 87.4 Å². The number of esters is 1. The van der Waals surface area contributed by atoms with Crippen LogP contribution in [-0.2, 0) is 14.3 Å². The van der Waals surface area contributed by atoms with Gasteiger partial charge in [0.25, 0.3) is 0 Å². The molecule has 0 radical (unpaired) electrons. The zero-order chi connectivity index (χ0) is 15.8. The molecule has 0 aromatic carbocycles. The smallest absolute Gasteiger partial charge is 0.306 e. The SMILES string of the molecule is CCC(CC)C(C#N)(COC(=O)CCC(=O)O)C(C)C. The molecule has 0 saturated heterocycles. The molecule has 1 N–H and O–H groups in total. The van der Waals surface area contributed by atoms with Gasteiger partial charge in [-0.25, -0.2) is 0 Å². The minimum absolute atomic E-state index is 0.0337. The van der Waals surface area contributed by atoms with Gasteiger partial charge in [0.1, 0.15) is 6.61 Å². The van der Waals surface area contributed by atoms with Crippen LogP contribution in [0.2, 0.25) is 0 Å². The maximum Gasteiger partial charge on any atom is 0.306 e. The number of carbonyl (C=O) groups excluding carboxylic acids is 1. The molecule has 0 bridgehead atoms. The van der Waals surface area contributed by atoms with E-state index >= 15 is 0 Å². The highest BCUT2D eigenvalue weighted by Gasteiger charge is 2.41. The third-order valence-corrected chi connectivity index (χ3v) is 3.97. The molecule has 1 unspecified atom stereocenters. The first-order valence-electron chi connectivity index (χ1n) is 7.12. The molecule has 0 fully saturated rings. The van der Waals surface area contributed by atoms with Crippen LogP contribution in [0.15, 0.2) is 0 Å². The molecule has 20 heavy (non-hydrogen) atoms. The van der Waals surface area contributed by atoms with Crippen molar-refractivity contribution in [2.24, 2.45) is 17.3 Å². The third-order valence-electron chi connectivity index (χ3n) is 3.97. The van der Waals surface area contributed by atoms with Gasteiger partial charge in [-0.05, 0) is 11.8 Å². The number of aliphatic carboxylic acids is 1. The molecule has 1 atom stereocenters. The Morgan fingerprint density at radius 3 is 2.15 bits per heavy atom. The molecule has 0 heterocycles. The lowest BCUT2D eigenvalue weighted by Gasteiger charge is -2.37. The van der Waals surface area contributed by atoms with Crippen molar-refractivity contribution in [3.8, 4) is 6.07 Å². The second-order valence-electron chi connectivity index (χ2n) is 5.37. The number of ether oxygens (including phenoxy) is 1. The number of rotatable bonds is 9. The zero-order valence-corrected chi connectivity index (χ0v) is 12.8. The highest BCUT2D eigenvalue weighted by molar-refractivity contribution is 5.76. The van der Waals surface area contributed by atoms with Gasteiger partial charge in [-0.3, -0.25) is 9.59 Å². The lowest BCUT2D eigenvalue weighted by Crippen LogP contribution is -2.39. The van der Waals surface area contributed by atoms with Gasteiger partial charge in [0.15, 0.2) is 0 Å². The van der Waals surface area contributed by atoms with Gasteiger partial charge in [-0.2, -0.15) is 5.26 Å². The fourth-order valence-electron chi connectivity index (χ4n) is 2.51. The van der Waals surface area contributed by atoms with Gasteiger partial charge in [0, 0.05) is 0 Å². The van der Waals surface area contributed by atoms with E-state index in [0.29, 0.717) is 0 Å². The number of carboxylic acid groups (broad SMARTS) is 1. The first-order chi connectivity index (χ1) is 9.33. The van der Waals surface area contributed by atoms with E-state index in [-0.39, 0.29) is 31.3 Å². The number of hydrogen-bond donors (Lipinski definition) is 1. The average Bonchev–Trinajstić information content (AvgIpc) is 2.40. The summed E-state index contributed by atoms with van der Waals surface area (Å²) in [6.45, 7) is 7.98. The maximum atomic E-state index is 11.5. The fraction of sp³-hybridized carbons (Fsp3) is 0.800. The van der Waals surface area contributed by atoms with Crippen LogP contribution in [0.5, 0.6) is 0 Å². The molecule has 0 saturated carbocycles. The van der Waals surface area contributed by atoms with E-state index in [2.05, 4.69) is 6.07 Å². The summed E-state index contributed by atoms with van der Waals surface area (Å²) in [6.07, 6.45) is 1.28. The lowest BCUT2D eigenvalue weighted by molar-refractivity contribution is -0.151. The van der Waals surface area contributed by atoms with Crippen molar-refractivity contribution >= 4 is 11.9 Å². The molecule has 0 amide bonds. The average molecular weight is 283 g/mol. The number of carbonyl (C=O) groups is 2. The van der Waals surface area contributed by atoms with Crippen LogP contribution in [0.25, 0.3) is 0 Å². The molecule has 0 rings (SSSR count). The first-order valence-corrected chi connectivity index (χ1v) is 7.12. The first kappa shape index (κ1) is 18.4. The lowest BCUT2D eigenvalue weighted by atomic mass is 9.67. The largest absolute Gasteiger partial charge is 0.481 e. The summed E-state index contributed by atoms with van der Waals surface area (Å²) in [5.74, 6) is -1.37. The predicted molar refractivity (Wildman–Crippen MR) is 74.8 cm³/mol. The molecular formula is C15H25NO4. The van der Waals surface area contributed by atoms with E-state index in [1.165, 1.54) is 0 Å². The summed E-state index contributed by atoms with van der Waals surface area (Å²) < 4.78 is 5.17. The molecule has 0 aliphatic heterocycles. The van der Waals surface area contributed by atoms with Crippen LogP contribution in [0.3, 0.4) is 0 Å². The van der Waals surface area contributed by atoms with Crippen LogP contribution in [-0.4, -0.2) is 23.7 Å². The Balaban J connectivity index is 4.80. The molecular weight excluding hydrogens is 258 g/mol. The Morgan fingerprint density at radius 2 is 1.80 bits per heavy atom. The fourth-order valence-corrected chi connectivity index (χ4v) is 2.51. The van der Waals surface area contributed by atoms with E-state index < -0.39 is 17.4 Å². The van der Waals surface area contributed by atoms with Crippen LogP contribution in [0.1, 0.15) is 53.4 Å². The Bertz CT molecular complexity index is 369. The number of nitriles is 1. The van der Waals surface area contributed by atoms with Gasteiger partial charge in [0.05, 0.1) is 24.3 Å². The molecule has 0 aliphatic rings. The Hall–Kier alpha value is -1.57. The molecule has 0 aromatic heterocycles. The van der Waals surface area contributed by atoms with Crippen LogP contribution < -0.4 is 0 Å². The van der Waals surface area contributed by atoms with Gasteiger partial charge in [-0.1, -0.05) is 40.5 Å². The Morgan fingerprint density at radius 1 is 1.25 bits per heavy atom. The molecule has 0 spiro atoms. The van der Waals surface area contributed by atoms with Crippen LogP contribution in [0, 0.1) is 28.6 Å². The van der Waals surface area contributed by atoms with Crippen molar-refractivity contribution < 1.29 is 19.4 Å². The molecule has 114 valence electrons. The third kappa shape index (κ3) is 4.84. The van der Waals surface area contributed by atoms with E-state index in [1.807, 2.05) is 27.7 Å². The van der Waals surface area contributed by atoms with Gasteiger partial charge in [-0.15, -0.1) is 0 Å². The quantitative estimate of drug-likeness (QED) is 0.657. The minimum atomic E-state index is -1.03. The van der Waals surface area contributed by atoms with Crippen molar-refractivity contribution in [2.75, 3.05) is 6.61 Å². The van der Waals surface area contributed by atoms with E-state index in [4.69, 9.17) is 9.84 Å². The standard InChI is InChI=1S/C15H25NO4/c1-5-12(6-2)15(9-16,11(3)4)10-20-14(19)8-7-13(17)18/h11-12H,5-8,10H2,1-4H3,(H,17,18). The summed E-state index contributed by atoms with van der Waals surface area (Å²) >= 11 is 0. The Kier molecular flexibility index (Phi) is 7.90. The van der Waals surface area contributed by atoms with Gasteiger partial charge >= 0.3 is 11.9 Å². The normalized spacial score (nSPS) is 13.8. The summed E-state index contributed by atoms with van der Waals surface area (Å²) in [5, 5.41) is 18.1. The summed E-state index contributed by atoms with van der Waals surface area (Å²) in [5.41, 5.74) is -0.706. The van der Waals surface area contributed by atoms with Crippen molar-refractivity contribution in [3.63, 3.8) is 0 Å². The second-order valence-corrected chi connectivity index (χ2v) is 5.37. The molecule has 0 aliphatic carbocycles. The molecule has 5 heteroatoms. The summed E-state index contributed by atoms with van der Waals surface area (Å²) in [6, 6.07) is 2.34. The maximum absolute atomic E-state index is 11.5. The summed E-state index contributed by atoms with van der Waals surface area (Å²) in [4.78, 5) is 21.9. The zero-order valence-electron chi connectivity index (χ0n) is 12.8. The van der Waals surface area contributed by atoms with Crippen molar-refractivity contribution in [1.29, 1.82) is 5.26 Å². The molecule has 5 nitrogen and oxygen atoms in total. The summed E-state index contributed by atoms with van der Waals surface area (Å²) in [7, 11) is 0. The van der Waals surface area contributed by atoms with Gasteiger partial charge < -0.3 is 9.84 Å². The number of hydrogen-bond acceptors (Lipinski definition) is 4. The molecule has 0 aromatic rings. The van der Waals surface area contributed by atoms with E-state index in [1.54, 1.807) is 0 Å². The number of carboxylic acids is 1. The highest BCUT2D eigenvalue weighted by atomic mass is 16.5. The Labute approximate surface area is 120 Å².